The van der Waals surface area contributed by atoms with E-state index in [4.69, 9.17) is 18.0 Å². The fraction of sp³-hybridized carbons (Fsp3) is 0.455. The predicted octanol–water partition coefficient (Wildman–Crippen LogP) is 0.677. The summed E-state index contributed by atoms with van der Waals surface area (Å²) in [6, 6.07) is 1.81. The molecule has 1 aliphatic rings. The van der Waals surface area contributed by atoms with Crippen LogP contribution in [0.15, 0.2) is 18.5 Å². The highest BCUT2D eigenvalue weighted by molar-refractivity contribution is 7.80. The Morgan fingerprint density at radius 1 is 1.69 bits per heavy atom. The van der Waals surface area contributed by atoms with E-state index in [1.54, 1.807) is 12.4 Å². The van der Waals surface area contributed by atoms with Gasteiger partial charge in [-0.2, -0.15) is 0 Å². The molecular weight excluding hydrogens is 222 g/mol. The minimum absolute atomic E-state index is 0.365. The van der Waals surface area contributed by atoms with Crippen molar-refractivity contribution in [2.45, 2.75) is 18.9 Å². The van der Waals surface area contributed by atoms with Crippen LogP contribution in [-0.4, -0.2) is 33.8 Å². The van der Waals surface area contributed by atoms with E-state index in [1.807, 2.05) is 13.0 Å². The first kappa shape index (κ1) is 11.3. The number of pyridine rings is 1. The zero-order valence-corrected chi connectivity index (χ0v) is 10.00. The minimum Gasteiger partial charge on any atom is -0.389 e. The Kier molecular flexibility index (Phi) is 2.82. The Bertz CT molecular complexity index is 419. The second kappa shape index (κ2) is 3.99. The number of nitrogens with zero attached hydrogens (tertiary/aromatic N) is 2. The van der Waals surface area contributed by atoms with Gasteiger partial charge in [-0.3, -0.25) is 4.98 Å². The van der Waals surface area contributed by atoms with E-state index in [9.17, 15) is 5.11 Å². The fourth-order valence-corrected chi connectivity index (χ4v) is 2.17. The van der Waals surface area contributed by atoms with Crippen LogP contribution in [-0.2, 0) is 0 Å². The van der Waals surface area contributed by atoms with Gasteiger partial charge in [-0.25, -0.2) is 0 Å². The van der Waals surface area contributed by atoms with Crippen molar-refractivity contribution in [3.8, 4) is 0 Å². The van der Waals surface area contributed by atoms with Gasteiger partial charge in [0.15, 0.2) is 0 Å². The topological polar surface area (TPSA) is 62.4 Å². The molecule has 0 amide bonds. The lowest BCUT2D eigenvalue weighted by atomic mass is 10.1. The van der Waals surface area contributed by atoms with Crippen molar-refractivity contribution < 1.29 is 5.11 Å². The average Bonchev–Trinajstić information content (AvgIpc) is 2.59. The molecule has 1 fully saturated rings. The second-order valence-corrected chi connectivity index (χ2v) is 4.87. The Balaban J connectivity index is 2.31. The van der Waals surface area contributed by atoms with E-state index >= 15 is 0 Å². The molecule has 1 saturated heterocycles. The quantitative estimate of drug-likeness (QED) is 0.741. The van der Waals surface area contributed by atoms with Crippen LogP contribution in [0.3, 0.4) is 0 Å². The molecule has 86 valence electrons. The summed E-state index contributed by atoms with van der Waals surface area (Å²) in [5.41, 5.74) is 6.76. The molecule has 5 heteroatoms. The first-order valence-electron chi connectivity index (χ1n) is 5.21. The van der Waals surface area contributed by atoms with Gasteiger partial charge < -0.3 is 15.7 Å². The number of nitrogens with two attached hydrogens (primary N) is 1. The van der Waals surface area contributed by atoms with Crippen LogP contribution in [0.4, 0.5) is 5.69 Å². The SMILES string of the molecule is CC1(O)CCN(c2cnccc2C(N)=S)C1. The smallest absolute Gasteiger partial charge is 0.106 e. The number of hydrogen-bond donors (Lipinski definition) is 2. The van der Waals surface area contributed by atoms with Gasteiger partial charge in [0.1, 0.15) is 4.99 Å². The molecule has 0 bridgehead atoms. The third-order valence-electron chi connectivity index (χ3n) is 2.86. The Labute approximate surface area is 100 Å². The normalized spacial score (nSPS) is 24.8. The first-order valence-corrected chi connectivity index (χ1v) is 5.61. The molecule has 0 aromatic carbocycles. The third-order valence-corrected chi connectivity index (χ3v) is 3.08. The van der Waals surface area contributed by atoms with Gasteiger partial charge in [0.05, 0.1) is 17.5 Å². The summed E-state index contributed by atoms with van der Waals surface area (Å²) in [7, 11) is 0. The largest absolute Gasteiger partial charge is 0.389 e. The summed E-state index contributed by atoms with van der Waals surface area (Å²) in [6.07, 6.45) is 4.17. The molecule has 0 saturated carbocycles. The number of rotatable bonds is 2. The molecule has 16 heavy (non-hydrogen) atoms. The van der Waals surface area contributed by atoms with Gasteiger partial charge in [-0.05, 0) is 19.4 Å². The van der Waals surface area contributed by atoms with Gasteiger partial charge in [0.2, 0.25) is 0 Å². The van der Waals surface area contributed by atoms with Crippen LogP contribution in [0.5, 0.6) is 0 Å². The Hall–Kier alpha value is -1.20. The number of β-amino-alcohol motifs (C(OH)–C–C–N with tert-alkyl or cyclic N) is 1. The molecule has 3 N–H and O–H groups in total. The molecule has 1 aromatic rings. The van der Waals surface area contributed by atoms with Crippen molar-refractivity contribution in [3.05, 3.63) is 24.0 Å². The second-order valence-electron chi connectivity index (χ2n) is 4.43. The van der Waals surface area contributed by atoms with Crippen LogP contribution in [0, 0.1) is 0 Å². The molecule has 1 unspecified atom stereocenters. The standard InChI is InChI=1S/C11H15N3OS/c1-11(15)3-5-14(7-11)9-6-13-4-2-8(9)10(12)16/h2,4,6,15H,3,5,7H2,1H3,(H2,12,16). The molecule has 0 spiro atoms. The van der Waals surface area contributed by atoms with Crippen LogP contribution < -0.4 is 10.6 Å². The molecule has 0 radical (unpaired) electrons. The molecule has 2 rings (SSSR count). The lowest BCUT2D eigenvalue weighted by Gasteiger charge is -2.22. The number of aliphatic hydroxyl groups is 1. The maximum absolute atomic E-state index is 9.93. The van der Waals surface area contributed by atoms with Gasteiger partial charge >= 0.3 is 0 Å². The number of thiocarbonyl (C=S) groups is 1. The van der Waals surface area contributed by atoms with E-state index in [0.717, 1.165) is 24.2 Å². The maximum Gasteiger partial charge on any atom is 0.106 e. The van der Waals surface area contributed by atoms with E-state index in [0.29, 0.717) is 11.5 Å². The highest BCUT2D eigenvalue weighted by Gasteiger charge is 2.32. The molecule has 1 aromatic heterocycles. The lowest BCUT2D eigenvalue weighted by Crippen LogP contribution is -2.30. The number of hydrogen-bond acceptors (Lipinski definition) is 4. The predicted molar refractivity (Wildman–Crippen MR) is 67.6 cm³/mol. The Morgan fingerprint density at radius 3 is 3.00 bits per heavy atom. The van der Waals surface area contributed by atoms with Gasteiger partial charge in [-0.15, -0.1) is 0 Å². The molecule has 1 aliphatic heterocycles. The van der Waals surface area contributed by atoms with Crippen LogP contribution in [0.25, 0.3) is 0 Å². The lowest BCUT2D eigenvalue weighted by molar-refractivity contribution is 0.0839. The zero-order valence-electron chi connectivity index (χ0n) is 9.18. The number of aromatic nitrogens is 1. The number of anilines is 1. The molecule has 4 nitrogen and oxygen atoms in total. The van der Waals surface area contributed by atoms with Crippen molar-refractivity contribution in [3.63, 3.8) is 0 Å². The summed E-state index contributed by atoms with van der Waals surface area (Å²) in [4.78, 5) is 6.52. The van der Waals surface area contributed by atoms with Crippen molar-refractivity contribution >= 4 is 22.9 Å². The molecular formula is C11H15N3OS. The maximum atomic E-state index is 9.93. The van der Waals surface area contributed by atoms with Crippen molar-refractivity contribution in [1.82, 2.24) is 4.98 Å². The monoisotopic (exact) mass is 237 g/mol. The molecule has 1 atom stereocenters. The van der Waals surface area contributed by atoms with Gasteiger partial charge in [0.25, 0.3) is 0 Å². The third kappa shape index (κ3) is 2.15. The van der Waals surface area contributed by atoms with E-state index < -0.39 is 5.60 Å². The van der Waals surface area contributed by atoms with Crippen molar-refractivity contribution in [1.29, 1.82) is 0 Å². The van der Waals surface area contributed by atoms with E-state index in [2.05, 4.69) is 9.88 Å². The summed E-state index contributed by atoms with van der Waals surface area (Å²) >= 11 is 5.00. The van der Waals surface area contributed by atoms with E-state index in [1.165, 1.54) is 0 Å². The highest BCUT2D eigenvalue weighted by Crippen LogP contribution is 2.28. The van der Waals surface area contributed by atoms with Crippen molar-refractivity contribution in [2.75, 3.05) is 18.0 Å². The van der Waals surface area contributed by atoms with Crippen molar-refractivity contribution in [2.24, 2.45) is 5.73 Å². The highest BCUT2D eigenvalue weighted by atomic mass is 32.1. The van der Waals surface area contributed by atoms with Gasteiger partial charge in [-0.1, -0.05) is 12.2 Å². The van der Waals surface area contributed by atoms with Crippen LogP contribution in [0.1, 0.15) is 18.9 Å². The van der Waals surface area contributed by atoms with E-state index in [-0.39, 0.29) is 0 Å². The molecule has 2 heterocycles. The summed E-state index contributed by atoms with van der Waals surface area (Å²) in [6.45, 7) is 3.23. The summed E-state index contributed by atoms with van der Waals surface area (Å²) in [5.74, 6) is 0. The summed E-state index contributed by atoms with van der Waals surface area (Å²) in [5, 5.41) is 9.93. The van der Waals surface area contributed by atoms with Gasteiger partial charge in [0, 0.05) is 24.8 Å². The zero-order chi connectivity index (χ0) is 11.8. The minimum atomic E-state index is -0.636. The fourth-order valence-electron chi connectivity index (χ4n) is 2.00. The average molecular weight is 237 g/mol. The first-order chi connectivity index (χ1) is 7.49. The summed E-state index contributed by atoms with van der Waals surface area (Å²) < 4.78 is 0. The Morgan fingerprint density at radius 2 is 2.44 bits per heavy atom. The van der Waals surface area contributed by atoms with Crippen LogP contribution >= 0.6 is 12.2 Å². The molecule has 0 aliphatic carbocycles. The van der Waals surface area contributed by atoms with Crippen LogP contribution in [0.2, 0.25) is 0 Å².